The molecule has 2 atom stereocenters. The maximum atomic E-state index is 12.8. The average Bonchev–Trinajstić information content (AvgIpc) is 2.80. The second-order valence-corrected chi connectivity index (χ2v) is 5.98. The molecule has 2 unspecified atom stereocenters. The number of carbonyl (C=O) groups excluding carboxylic acids is 1. The Labute approximate surface area is 118 Å². The maximum absolute atomic E-state index is 12.8. The van der Waals surface area contributed by atoms with Gasteiger partial charge in [-0.05, 0) is 43.9 Å². The van der Waals surface area contributed by atoms with Crippen molar-refractivity contribution < 1.29 is 4.79 Å². The number of fused-ring (bicyclic) bond motifs is 1. The number of nitrogens with one attached hydrogen (secondary N) is 1. The Hall–Kier alpha value is -1.97. The van der Waals surface area contributed by atoms with Crippen molar-refractivity contribution in [2.45, 2.75) is 32.7 Å². The van der Waals surface area contributed by atoms with Crippen LogP contribution in [0, 0.1) is 5.92 Å². The van der Waals surface area contributed by atoms with Gasteiger partial charge < -0.3 is 15.6 Å². The van der Waals surface area contributed by atoms with Gasteiger partial charge in [-0.1, -0.05) is 6.92 Å². The maximum Gasteiger partial charge on any atom is 0.256 e. The van der Waals surface area contributed by atoms with Crippen molar-refractivity contribution in [2.24, 2.45) is 5.92 Å². The van der Waals surface area contributed by atoms with Gasteiger partial charge in [0.1, 0.15) is 0 Å². The summed E-state index contributed by atoms with van der Waals surface area (Å²) in [5, 5.41) is 0.954. The lowest BCUT2D eigenvalue weighted by molar-refractivity contribution is 0.0590. The fraction of sp³-hybridized carbons (Fsp3) is 0.438. The minimum Gasteiger partial charge on any atom is -0.399 e. The summed E-state index contributed by atoms with van der Waals surface area (Å²) in [6.45, 7) is 5.25. The number of likely N-dealkylation sites (tertiary alicyclic amines) is 1. The highest BCUT2D eigenvalue weighted by atomic mass is 16.2. The van der Waals surface area contributed by atoms with Crippen LogP contribution in [0.15, 0.2) is 24.4 Å². The minimum absolute atomic E-state index is 0.125. The van der Waals surface area contributed by atoms with E-state index in [-0.39, 0.29) is 5.91 Å². The van der Waals surface area contributed by atoms with Gasteiger partial charge in [-0.15, -0.1) is 0 Å². The number of nitrogen functional groups attached to an aromatic ring is 1. The van der Waals surface area contributed by atoms with Crippen molar-refractivity contribution in [1.29, 1.82) is 0 Å². The first kappa shape index (κ1) is 13.0. The van der Waals surface area contributed by atoms with Crippen molar-refractivity contribution >= 4 is 22.5 Å². The Morgan fingerprint density at radius 2 is 2.20 bits per heavy atom. The molecule has 1 aliphatic rings. The predicted octanol–water partition coefficient (Wildman–Crippen LogP) is 3.01. The molecule has 1 amide bonds. The number of aromatic amines is 1. The van der Waals surface area contributed by atoms with E-state index in [0.29, 0.717) is 17.6 Å². The number of piperidine rings is 1. The summed E-state index contributed by atoms with van der Waals surface area (Å²) < 4.78 is 0. The van der Waals surface area contributed by atoms with Gasteiger partial charge in [-0.3, -0.25) is 4.79 Å². The Kier molecular flexibility index (Phi) is 3.16. The molecule has 0 radical (unpaired) electrons. The zero-order valence-electron chi connectivity index (χ0n) is 12.0. The van der Waals surface area contributed by atoms with Crippen LogP contribution in [0.3, 0.4) is 0 Å². The van der Waals surface area contributed by atoms with Gasteiger partial charge in [-0.25, -0.2) is 0 Å². The van der Waals surface area contributed by atoms with Gasteiger partial charge in [0, 0.05) is 35.4 Å². The van der Waals surface area contributed by atoms with Crippen molar-refractivity contribution in [3.63, 3.8) is 0 Å². The quantitative estimate of drug-likeness (QED) is 0.783. The Balaban J connectivity index is 1.93. The van der Waals surface area contributed by atoms with E-state index in [1.165, 1.54) is 0 Å². The molecule has 3 rings (SSSR count). The lowest BCUT2D eigenvalue weighted by Crippen LogP contribution is -2.44. The number of H-pyrrole nitrogens is 1. The standard InChI is InChI=1S/C16H21N3O/c1-10-5-6-19(11(2)7-10)16(20)14-9-18-15-8-12(17)3-4-13(14)15/h3-4,8-11,18H,5-7,17H2,1-2H3. The highest BCUT2D eigenvalue weighted by Crippen LogP contribution is 2.27. The highest BCUT2D eigenvalue weighted by molar-refractivity contribution is 6.07. The number of aromatic nitrogens is 1. The number of rotatable bonds is 1. The lowest BCUT2D eigenvalue weighted by Gasteiger charge is -2.36. The van der Waals surface area contributed by atoms with Crippen LogP contribution in [0.25, 0.3) is 10.9 Å². The summed E-state index contributed by atoms with van der Waals surface area (Å²) >= 11 is 0. The second kappa shape index (κ2) is 4.85. The van der Waals surface area contributed by atoms with Gasteiger partial charge in [0.05, 0.1) is 5.56 Å². The first-order chi connectivity index (χ1) is 9.56. The molecule has 2 aromatic rings. The summed E-state index contributed by atoms with van der Waals surface area (Å²) in [6.07, 6.45) is 3.98. The van der Waals surface area contributed by atoms with Gasteiger partial charge in [-0.2, -0.15) is 0 Å². The average molecular weight is 271 g/mol. The molecule has 3 N–H and O–H groups in total. The molecule has 4 heteroatoms. The SMILES string of the molecule is CC1CCN(C(=O)c2c[nH]c3cc(N)ccc23)C(C)C1. The van der Waals surface area contributed by atoms with Crippen molar-refractivity contribution in [1.82, 2.24) is 9.88 Å². The zero-order valence-corrected chi connectivity index (χ0v) is 12.0. The molecule has 2 heterocycles. The number of hydrogen-bond donors (Lipinski definition) is 2. The normalized spacial score (nSPS) is 23.2. The van der Waals surface area contributed by atoms with E-state index in [9.17, 15) is 4.79 Å². The third kappa shape index (κ3) is 2.15. The lowest BCUT2D eigenvalue weighted by atomic mass is 9.93. The van der Waals surface area contributed by atoms with Crippen LogP contribution in [0.5, 0.6) is 0 Å². The molecule has 0 aliphatic carbocycles. The van der Waals surface area contributed by atoms with Crippen LogP contribution in [-0.4, -0.2) is 28.4 Å². The summed E-state index contributed by atoms with van der Waals surface area (Å²) in [5.41, 5.74) is 8.15. The first-order valence-electron chi connectivity index (χ1n) is 7.24. The molecule has 1 aliphatic heterocycles. The third-order valence-electron chi connectivity index (χ3n) is 4.34. The van der Waals surface area contributed by atoms with Crippen LogP contribution in [0.2, 0.25) is 0 Å². The first-order valence-corrected chi connectivity index (χ1v) is 7.24. The predicted molar refractivity (Wildman–Crippen MR) is 81.6 cm³/mol. The largest absolute Gasteiger partial charge is 0.399 e. The number of nitrogens with two attached hydrogens (primary N) is 1. The number of nitrogens with zero attached hydrogens (tertiary/aromatic N) is 1. The Morgan fingerprint density at radius 3 is 2.95 bits per heavy atom. The fourth-order valence-electron chi connectivity index (χ4n) is 3.18. The summed E-state index contributed by atoms with van der Waals surface area (Å²) in [7, 11) is 0. The summed E-state index contributed by atoms with van der Waals surface area (Å²) in [4.78, 5) is 17.9. The van der Waals surface area contributed by atoms with Crippen LogP contribution in [-0.2, 0) is 0 Å². The molecule has 1 saturated heterocycles. The van der Waals surface area contributed by atoms with E-state index in [1.807, 2.05) is 23.1 Å². The van der Waals surface area contributed by atoms with E-state index < -0.39 is 0 Å². The fourth-order valence-corrected chi connectivity index (χ4v) is 3.18. The van der Waals surface area contributed by atoms with E-state index in [0.717, 1.165) is 35.9 Å². The highest BCUT2D eigenvalue weighted by Gasteiger charge is 2.28. The second-order valence-electron chi connectivity index (χ2n) is 5.98. The molecule has 1 aromatic carbocycles. The van der Waals surface area contributed by atoms with E-state index >= 15 is 0 Å². The minimum atomic E-state index is 0.125. The third-order valence-corrected chi connectivity index (χ3v) is 4.34. The number of benzene rings is 1. The molecular formula is C16H21N3O. The molecule has 20 heavy (non-hydrogen) atoms. The monoisotopic (exact) mass is 271 g/mol. The van der Waals surface area contributed by atoms with E-state index in [2.05, 4.69) is 18.8 Å². The van der Waals surface area contributed by atoms with Crippen molar-refractivity contribution in [3.8, 4) is 0 Å². The summed E-state index contributed by atoms with van der Waals surface area (Å²) in [5.74, 6) is 0.831. The smallest absolute Gasteiger partial charge is 0.256 e. The zero-order chi connectivity index (χ0) is 14.3. The van der Waals surface area contributed by atoms with Gasteiger partial charge >= 0.3 is 0 Å². The molecule has 1 aromatic heterocycles. The van der Waals surface area contributed by atoms with Gasteiger partial charge in [0.25, 0.3) is 5.91 Å². The van der Waals surface area contributed by atoms with Crippen LogP contribution < -0.4 is 5.73 Å². The van der Waals surface area contributed by atoms with Crippen LogP contribution in [0.1, 0.15) is 37.0 Å². The number of amides is 1. The molecule has 106 valence electrons. The van der Waals surface area contributed by atoms with E-state index in [1.54, 1.807) is 6.20 Å². The van der Waals surface area contributed by atoms with Crippen LogP contribution in [0.4, 0.5) is 5.69 Å². The number of carbonyl (C=O) groups is 1. The Bertz CT molecular complexity index is 646. The summed E-state index contributed by atoms with van der Waals surface area (Å²) in [6, 6.07) is 5.94. The molecule has 1 fully saturated rings. The van der Waals surface area contributed by atoms with E-state index in [4.69, 9.17) is 5.73 Å². The van der Waals surface area contributed by atoms with Crippen LogP contribution >= 0.6 is 0 Å². The molecule has 0 saturated carbocycles. The molecular weight excluding hydrogens is 250 g/mol. The number of anilines is 1. The van der Waals surface area contributed by atoms with Gasteiger partial charge in [0.15, 0.2) is 0 Å². The molecule has 4 nitrogen and oxygen atoms in total. The van der Waals surface area contributed by atoms with Crippen molar-refractivity contribution in [2.75, 3.05) is 12.3 Å². The van der Waals surface area contributed by atoms with Crippen molar-refractivity contribution in [3.05, 3.63) is 30.0 Å². The Morgan fingerprint density at radius 1 is 1.40 bits per heavy atom. The van der Waals surface area contributed by atoms with Gasteiger partial charge in [0.2, 0.25) is 0 Å². The molecule has 0 spiro atoms. The topological polar surface area (TPSA) is 62.1 Å². The number of hydrogen-bond acceptors (Lipinski definition) is 2. The molecule has 0 bridgehead atoms.